The Hall–Kier alpha value is -1.29. The predicted molar refractivity (Wildman–Crippen MR) is 62.0 cm³/mol. The number of benzene rings is 1. The van der Waals surface area contributed by atoms with Crippen molar-refractivity contribution in [1.82, 2.24) is 4.57 Å². The van der Waals surface area contributed by atoms with E-state index in [2.05, 4.69) is 15.9 Å². The molecule has 4 heteroatoms. The number of fused-ring (bicyclic) bond motifs is 1. The summed E-state index contributed by atoms with van der Waals surface area (Å²) in [7, 11) is 0. The molecule has 0 radical (unpaired) electrons. The molecule has 0 spiro atoms. The smallest absolute Gasteiger partial charge is 0.323 e. The predicted octanol–water partition coefficient (Wildman–Crippen LogP) is 2.80. The Labute approximate surface area is 95.5 Å². The fourth-order valence-corrected chi connectivity index (χ4v) is 2.20. The number of aryl methyl sites for hydroxylation is 1. The van der Waals surface area contributed by atoms with Gasteiger partial charge in [-0.3, -0.25) is 4.79 Å². The molecule has 0 saturated carbocycles. The van der Waals surface area contributed by atoms with E-state index >= 15 is 0 Å². The fourth-order valence-electron chi connectivity index (χ4n) is 1.73. The Morgan fingerprint density at radius 2 is 2.27 bits per heavy atom. The van der Waals surface area contributed by atoms with Crippen molar-refractivity contribution in [3.63, 3.8) is 0 Å². The number of hydrogen-bond donors (Lipinski definition) is 1. The number of aliphatic carboxylic acids is 1. The van der Waals surface area contributed by atoms with Crippen LogP contribution in [0, 0.1) is 6.92 Å². The summed E-state index contributed by atoms with van der Waals surface area (Å²) >= 11 is 3.45. The topological polar surface area (TPSA) is 42.2 Å². The van der Waals surface area contributed by atoms with E-state index in [0.717, 1.165) is 21.1 Å². The normalized spacial score (nSPS) is 10.8. The Morgan fingerprint density at radius 3 is 2.93 bits per heavy atom. The van der Waals surface area contributed by atoms with Crippen LogP contribution in [0.15, 0.2) is 28.7 Å². The van der Waals surface area contributed by atoms with E-state index < -0.39 is 5.97 Å². The summed E-state index contributed by atoms with van der Waals surface area (Å²) in [5.41, 5.74) is 1.91. The summed E-state index contributed by atoms with van der Waals surface area (Å²) in [5, 5.41) is 9.86. The van der Waals surface area contributed by atoms with Crippen molar-refractivity contribution >= 4 is 32.8 Å². The summed E-state index contributed by atoms with van der Waals surface area (Å²) < 4.78 is 2.79. The maximum atomic E-state index is 10.7. The minimum absolute atomic E-state index is 0.00574. The number of aromatic nitrogens is 1. The van der Waals surface area contributed by atoms with Gasteiger partial charge in [-0.2, -0.15) is 0 Å². The summed E-state index contributed by atoms with van der Waals surface area (Å²) in [6, 6.07) is 7.77. The number of carboxylic acids is 1. The Kier molecular flexibility index (Phi) is 2.52. The van der Waals surface area contributed by atoms with Crippen LogP contribution in [-0.2, 0) is 11.3 Å². The molecular weight excluding hydrogens is 258 g/mol. The standard InChI is InChI=1S/C11H10BrNO2/c1-7-5-8-9(12)3-2-4-10(8)13(7)6-11(14)15/h2-5H,6H2,1H3,(H,14,15). The molecule has 0 atom stereocenters. The van der Waals surface area contributed by atoms with Gasteiger partial charge < -0.3 is 9.67 Å². The average molecular weight is 268 g/mol. The molecule has 1 heterocycles. The number of halogens is 1. The highest BCUT2D eigenvalue weighted by molar-refractivity contribution is 9.10. The Balaban J connectivity index is 2.68. The van der Waals surface area contributed by atoms with E-state index in [1.54, 1.807) is 4.57 Å². The van der Waals surface area contributed by atoms with Crippen molar-refractivity contribution in [2.24, 2.45) is 0 Å². The molecule has 1 aromatic carbocycles. The van der Waals surface area contributed by atoms with Gasteiger partial charge in [0.1, 0.15) is 6.54 Å². The summed E-state index contributed by atoms with van der Waals surface area (Å²) in [5.74, 6) is -0.824. The van der Waals surface area contributed by atoms with Gasteiger partial charge in [0.15, 0.2) is 0 Å². The summed E-state index contributed by atoms with van der Waals surface area (Å²) in [6.07, 6.45) is 0. The van der Waals surface area contributed by atoms with Crippen molar-refractivity contribution < 1.29 is 9.90 Å². The minimum Gasteiger partial charge on any atom is -0.480 e. The van der Waals surface area contributed by atoms with Gasteiger partial charge in [-0.1, -0.05) is 22.0 Å². The maximum Gasteiger partial charge on any atom is 0.323 e. The van der Waals surface area contributed by atoms with Gasteiger partial charge in [0.25, 0.3) is 0 Å². The van der Waals surface area contributed by atoms with Gasteiger partial charge in [-0.15, -0.1) is 0 Å². The molecule has 1 aromatic heterocycles. The van der Waals surface area contributed by atoms with Gasteiger partial charge in [0.05, 0.1) is 0 Å². The summed E-state index contributed by atoms with van der Waals surface area (Å²) in [6.45, 7) is 1.92. The van der Waals surface area contributed by atoms with Crippen molar-refractivity contribution in [3.05, 3.63) is 34.4 Å². The number of rotatable bonds is 2. The van der Waals surface area contributed by atoms with Crippen molar-refractivity contribution in [3.8, 4) is 0 Å². The quantitative estimate of drug-likeness (QED) is 0.909. The van der Waals surface area contributed by atoms with Crippen molar-refractivity contribution in [2.45, 2.75) is 13.5 Å². The van der Waals surface area contributed by atoms with E-state index in [9.17, 15) is 4.79 Å². The molecule has 1 N–H and O–H groups in total. The van der Waals surface area contributed by atoms with Crippen LogP contribution < -0.4 is 0 Å². The average Bonchev–Trinajstić information content (AvgIpc) is 2.45. The second-order valence-electron chi connectivity index (χ2n) is 3.44. The largest absolute Gasteiger partial charge is 0.480 e. The van der Waals surface area contributed by atoms with Crippen LogP contribution in [0.25, 0.3) is 10.9 Å². The minimum atomic E-state index is -0.824. The van der Waals surface area contributed by atoms with E-state index in [1.165, 1.54) is 0 Å². The zero-order chi connectivity index (χ0) is 11.0. The first-order chi connectivity index (χ1) is 7.09. The second-order valence-corrected chi connectivity index (χ2v) is 4.29. The second kappa shape index (κ2) is 3.70. The molecule has 15 heavy (non-hydrogen) atoms. The van der Waals surface area contributed by atoms with E-state index in [1.807, 2.05) is 31.2 Å². The van der Waals surface area contributed by atoms with Crippen LogP contribution in [0.5, 0.6) is 0 Å². The highest BCUT2D eigenvalue weighted by Crippen LogP contribution is 2.26. The first-order valence-corrected chi connectivity index (χ1v) is 5.35. The van der Waals surface area contributed by atoms with E-state index in [-0.39, 0.29) is 6.54 Å². The molecule has 0 aliphatic heterocycles. The van der Waals surface area contributed by atoms with Crippen LogP contribution in [0.3, 0.4) is 0 Å². The maximum absolute atomic E-state index is 10.7. The molecular formula is C11H10BrNO2. The molecule has 0 aliphatic carbocycles. The SMILES string of the molecule is Cc1cc2c(Br)cccc2n1CC(=O)O. The van der Waals surface area contributed by atoms with Crippen LogP contribution in [0.4, 0.5) is 0 Å². The third kappa shape index (κ3) is 1.77. The molecule has 0 aliphatic rings. The number of nitrogens with zero attached hydrogens (tertiary/aromatic N) is 1. The zero-order valence-electron chi connectivity index (χ0n) is 8.20. The van der Waals surface area contributed by atoms with E-state index in [4.69, 9.17) is 5.11 Å². The molecule has 2 rings (SSSR count). The highest BCUT2D eigenvalue weighted by atomic mass is 79.9. The van der Waals surface area contributed by atoms with Crippen LogP contribution in [0.1, 0.15) is 5.69 Å². The van der Waals surface area contributed by atoms with Crippen molar-refractivity contribution in [1.29, 1.82) is 0 Å². The molecule has 0 bridgehead atoms. The van der Waals surface area contributed by atoms with Gasteiger partial charge >= 0.3 is 5.97 Å². The molecule has 0 fully saturated rings. The highest BCUT2D eigenvalue weighted by Gasteiger charge is 2.09. The number of hydrogen-bond acceptors (Lipinski definition) is 1. The first-order valence-electron chi connectivity index (χ1n) is 4.56. The van der Waals surface area contributed by atoms with Crippen molar-refractivity contribution in [2.75, 3.05) is 0 Å². The molecule has 78 valence electrons. The molecule has 3 nitrogen and oxygen atoms in total. The molecule has 2 aromatic rings. The molecule has 0 unspecified atom stereocenters. The monoisotopic (exact) mass is 267 g/mol. The molecule has 0 saturated heterocycles. The summed E-state index contributed by atoms with van der Waals surface area (Å²) in [4.78, 5) is 10.7. The lowest BCUT2D eigenvalue weighted by atomic mass is 10.2. The number of carboxylic acid groups (broad SMARTS) is 1. The van der Waals surface area contributed by atoms with Gasteiger partial charge in [-0.25, -0.2) is 0 Å². The Bertz CT molecular complexity index is 531. The van der Waals surface area contributed by atoms with Crippen LogP contribution in [-0.4, -0.2) is 15.6 Å². The van der Waals surface area contributed by atoms with Gasteiger partial charge in [0.2, 0.25) is 0 Å². The molecule has 0 amide bonds. The third-order valence-electron chi connectivity index (χ3n) is 2.39. The third-order valence-corrected chi connectivity index (χ3v) is 3.08. The Morgan fingerprint density at radius 1 is 1.53 bits per heavy atom. The van der Waals surface area contributed by atoms with Gasteiger partial charge in [-0.05, 0) is 25.1 Å². The lowest BCUT2D eigenvalue weighted by Gasteiger charge is -2.04. The first kappa shape index (κ1) is 10.2. The van der Waals surface area contributed by atoms with E-state index in [0.29, 0.717) is 0 Å². The van der Waals surface area contributed by atoms with Crippen LogP contribution >= 0.6 is 15.9 Å². The fraction of sp³-hybridized carbons (Fsp3) is 0.182. The lowest BCUT2D eigenvalue weighted by Crippen LogP contribution is -2.09. The van der Waals surface area contributed by atoms with Gasteiger partial charge in [0, 0.05) is 21.1 Å². The zero-order valence-corrected chi connectivity index (χ0v) is 9.78. The number of carbonyl (C=O) groups is 1. The lowest BCUT2D eigenvalue weighted by molar-refractivity contribution is -0.137. The van der Waals surface area contributed by atoms with Crippen LogP contribution in [0.2, 0.25) is 0 Å².